The lowest BCUT2D eigenvalue weighted by Crippen LogP contribution is -2.41. The first-order chi connectivity index (χ1) is 7.74. The molecule has 0 bridgehead atoms. The van der Waals surface area contributed by atoms with Gasteiger partial charge < -0.3 is 5.32 Å². The fourth-order valence-electron chi connectivity index (χ4n) is 2.49. The lowest BCUT2D eigenvalue weighted by atomic mass is 9.94. The Morgan fingerprint density at radius 1 is 1.31 bits per heavy atom. The molecule has 0 aromatic rings. The Balaban J connectivity index is 2.06. The van der Waals surface area contributed by atoms with E-state index < -0.39 is 6.04 Å². The Labute approximate surface area is 95.4 Å². The van der Waals surface area contributed by atoms with Crippen LogP contribution in [0.2, 0.25) is 0 Å². The Kier molecular flexibility index (Phi) is 3.14. The first kappa shape index (κ1) is 11.0. The lowest BCUT2D eigenvalue weighted by molar-refractivity contribution is -0.129. The van der Waals surface area contributed by atoms with Gasteiger partial charge in [-0.15, -0.1) is 12.3 Å². The highest BCUT2D eigenvalue weighted by Gasteiger charge is 2.41. The average molecular weight is 220 g/mol. The summed E-state index contributed by atoms with van der Waals surface area (Å²) in [7, 11) is 0. The Morgan fingerprint density at radius 3 is 2.62 bits per heavy atom. The number of terminal acetylenes is 1. The van der Waals surface area contributed by atoms with Crippen molar-refractivity contribution in [3.8, 4) is 12.3 Å². The molecule has 1 unspecified atom stereocenters. The van der Waals surface area contributed by atoms with E-state index in [0.29, 0.717) is 0 Å². The molecule has 86 valence electrons. The molecule has 3 amide bonds. The van der Waals surface area contributed by atoms with Crippen molar-refractivity contribution in [3.05, 3.63) is 0 Å². The van der Waals surface area contributed by atoms with E-state index >= 15 is 0 Å². The van der Waals surface area contributed by atoms with Gasteiger partial charge in [0, 0.05) is 12.5 Å². The average Bonchev–Trinajstić information content (AvgIpc) is 2.56. The predicted molar refractivity (Wildman–Crippen MR) is 59.5 cm³/mol. The van der Waals surface area contributed by atoms with Gasteiger partial charge in [0.1, 0.15) is 6.04 Å². The number of urea groups is 1. The summed E-state index contributed by atoms with van der Waals surface area (Å²) >= 11 is 0. The third kappa shape index (κ3) is 1.90. The van der Waals surface area contributed by atoms with E-state index in [0.717, 1.165) is 25.7 Å². The van der Waals surface area contributed by atoms with E-state index in [-0.39, 0.29) is 24.4 Å². The van der Waals surface area contributed by atoms with Crippen molar-refractivity contribution in [3.63, 3.8) is 0 Å². The van der Waals surface area contributed by atoms with Crippen LogP contribution in [0.3, 0.4) is 0 Å². The van der Waals surface area contributed by atoms with E-state index in [2.05, 4.69) is 11.2 Å². The lowest BCUT2D eigenvalue weighted by Gasteiger charge is -2.28. The zero-order valence-corrected chi connectivity index (χ0v) is 9.24. The van der Waals surface area contributed by atoms with Gasteiger partial charge in [0.15, 0.2) is 0 Å². The van der Waals surface area contributed by atoms with Crippen LogP contribution in [-0.4, -0.2) is 28.9 Å². The normalized spacial score (nSPS) is 26.7. The zero-order chi connectivity index (χ0) is 11.5. The minimum atomic E-state index is -0.501. The molecule has 2 fully saturated rings. The van der Waals surface area contributed by atoms with Crippen molar-refractivity contribution in [1.29, 1.82) is 0 Å². The van der Waals surface area contributed by atoms with Gasteiger partial charge in [-0.2, -0.15) is 0 Å². The number of nitrogens with one attached hydrogen (secondary N) is 1. The second-order valence-electron chi connectivity index (χ2n) is 4.41. The van der Waals surface area contributed by atoms with Gasteiger partial charge in [-0.05, 0) is 12.8 Å². The van der Waals surface area contributed by atoms with E-state index in [1.165, 1.54) is 11.3 Å². The molecule has 2 rings (SSSR count). The smallest absolute Gasteiger partial charge is 0.325 e. The molecule has 0 aromatic carbocycles. The van der Waals surface area contributed by atoms with Gasteiger partial charge in [0.25, 0.3) is 5.91 Å². The van der Waals surface area contributed by atoms with E-state index in [1.807, 2.05) is 0 Å². The molecule has 1 heterocycles. The van der Waals surface area contributed by atoms with E-state index in [9.17, 15) is 9.59 Å². The minimum absolute atomic E-state index is 0.0871. The maximum atomic E-state index is 12.0. The van der Waals surface area contributed by atoms with Gasteiger partial charge in [-0.1, -0.05) is 19.3 Å². The molecule has 0 spiro atoms. The predicted octanol–water partition coefficient (Wildman–Crippen LogP) is 1.26. The Morgan fingerprint density at radius 2 is 2.00 bits per heavy atom. The van der Waals surface area contributed by atoms with Crippen molar-refractivity contribution >= 4 is 11.9 Å². The molecule has 4 nitrogen and oxygen atoms in total. The standard InChI is InChI=1S/C12H16N2O2/c1-2-6-10-11(15)14(12(16)13-10)9-7-4-3-5-8-9/h1,9-10H,3-8H2,(H,13,16). The highest BCUT2D eigenvalue weighted by atomic mass is 16.2. The molecule has 1 saturated carbocycles. The van der Waals surface area contributed by atoms with Gasteiger partial charge in [-0.3, -0.25) is 9.69 Å². The molecule has 1 aliphatic heterocycles. The summed E-state index contributed by atoms with van der Waals surface area (Å²) in [5.41, 5.74) is 0. The van der Waals surface area contributed by atoms with Crippen molar-refractivity contribution in [2.24, 2.45) is 0 Å². The second-order valence-corrected chi connectivity index (χ2v) is 4.41. The van der Waals surface area contributed by atoms with E-state index in [1.54, 1.807) is 0 Å². The zero-order valence-electron chi connectivity index (χ0n) is 9.24. The van der Waals surface area contributed by atoms with Gasteiger partial charge in [0.2, 0.25) is 0 Å². The monoisotopic (exact) mass is 220 g/mol. The van der Waals surface area contributed by atoms with Crippen molar-refractivity contribution < 1.29 is 9.59 Å². The second kappa shape index (κ2) is 4.56. The number of hydrogen-bond donors (Lipinski definition) is 1. The van der Waals surface area contributed by atoms with Crippen LogP contribution in [0.4, 0.5) is 4.79 Å². The van der Waals surface area contributed by atoms with Crippen molar-refractivity contribution in [1.82, 2.24) is 10.2 Å². The fourth-order valence-corrected chi connectivity index (χ4v) is 2.49. The number of imide groups is 1. The molecule has 1 atom stereocenters. The van der Waals surface area contributed by atoms with Crippen LogP contribution in [0.1, 0.15) is 38.5 Å². The number of rotatable bonds is 2. The summed E-state index contributed by atoms with van der Waals surface area (Å²) in [6.07, 6.45) is 10.7. The van der Waals surface area contributed by atoms with Crippen LogP contribution in [0.15, 0.2) is 0 Å². The molecule has 0 radical (unpaired) electrons. The molecule has 1 aliphatic carbocycles. The summed E-state index contributed by atoms with van der Waals surface area (Å²) < 4.78 is 0. The number of carbonyl (C=O) groups is 2. The van der Waals surface area contributed by atoms with Crippen LogP contribution in [0.5, 0.6) is 0 Å². The molecule has 4 heteroatoms. The quantitative estimate of drug-likeness (QED) is 0.562. The molecule has 1 saturated heterocycles. The molecule has 1 N–H and O–H groups in total. The largest absolute Gasteiger partial charge is 0.325 e. The van der Waals surface area contributed by atoms with Crippen LogP contribution in [-0.2, 0) is 4.79 Å². The van der Waals surface area contributed by atoms with Gasteiger partial charge >= 0.3 is 6.03 Å². The highest BCUT2D eigenvalue weighted by Crippen LogP contribution is 2.25. The van der Waals surface area contributed by atoms with Gasteiger partial charge in [-0.25, -0.2) is 4.79 Å². The summed E-state index contributed by atoms with van der Waals surface area (Å²) in [6.45, 7) is 0. The molecular formula is C12H16N2O2. The van der Waals surface area contributed by atoms with E-state index in [4.69, 9.17) is 6.42 Å². The number of amides is 3. The number of nitrogens with zero attached hydrogens (tertiary/aromatic N) is 1. The number of carbonyl (C=O) groups excluding carboxylic acids is 2. The van der Waals surface area contributed by atoms with Crippen LogP contribution >= 0.6 is 0 Å². The third-order valence-electron chi connectivity index (χ3n) is 3.31. The Bertz CT molecular complexity index is 339. The molecular weight excluding hydrogens is 204 g/mol. The van der Waals surface area contributed by atoms with Crippen LogP contribution in [0, 0.1) is 12.3 Å². The summed E-state index contributed by atoms with van der Waals surface area (Å²) in [5, 5.41) is 2.65. The highest BCUT2D eigenvalue weighted by molar-refractivity contribution is 6.04. The van der Waals surface area contributed by atoms with Crippen LogP contribution < -0.4 is 5.32 Å². The Hall–Kier alpha value is -1.50. The first-order valence-electron chi connectivity index (χ1n) is 5.81. The molecule has 2 aliphatic rings. The van der Waals surface area contributed by atoms with Crippen molar-refractivity contribution in [2.45, 2.75) is 50.6 Å². The summed E-state index contributed by atoms with van der Waals surface area (Å²) in [6, 6.07) is -0.680. The number of hydrogen-bond acceptors (Lipinski definition) is 2. The minimum Gasteiger partial charge on any atom is -0.325 e. The maximum Gasteiger partial charge on any atom is 0.325 e. The molecule has 16 heavy (non-hydrogen) atoms. The van der Waals surface area contributed by atoms with Gasteiger partial charge in [0.05, 0.1) is 0 Å². The summed E-state index contributed by atoms with van der Waals surface area (Å²) in [4.78, 5) is 25.0. The topological polar surface area (TPSA) is 49.4 Å². The SMILES string of the molecule is C#CCC1NC(=O)N(C2CCCCC2)C1=O. The third-order valence-corrected chi connectivity index (χ3v) is 3.31. The fraction of sp³-hybridized carbons (Fsp3) is 0.667. The first-order valence-corrected chi connectivity index (χ1v) is 5.81. The van der Waals surface area contributed by atoms with Crippen molar-refractivity contribution in [2.75, 3.05) is 0 Å². The maximum absolute atomic E-state index is 12.0. The molecule has 0 aromatic heterocycles. The summed E-state index contributed by atoms with van der Waals surface area (Å²) in [5.74, 6) is 2.28. The van der Waals surface area contributed by atoms with Crippen LogP contribution in [0.25, 0.3) is 0 Å².